The molecule has 5 nitrogen and oxygen atoms in total. The molecule has 23 heavy (non-hydrogen) atoms. The molecule has 1 aliphatic rings. The van der Waals surface area contributed by atoms with Crippen LogP contribution in [-0.2, 0) is 0 Å². The van der Waals surface area contributed by atoms with Crippen LogP contribution in [0.5, 0.6) is 5.75 Å². The van der Waals surface area contributed by atoms with Crippen LogP contribution in [0.2, 0.25) is 0 Å². The Kier molecular flexibility index (Phi) is 4.55. The van der Waals surface area contributed by atoms with Gasteiger partial charge in [0, 0.05) is 37.4 Å². The highest BCUT2D eigenvalue weighted by Gasteiger charge is 2.23. The topological polar surface area (TPSA) is 45.9 Å². The second-order valence-corrected chi connectivity index (χ2v) is 5.76. The van der Waals surface area contributed by atoms with Crippen molar-refractivity contribution in [1.82, 2.24) is 4.90 Å². The maximum Gasteiger partial charge on any atom is 0.289 e. The van der Waals surface area contributed by atoms with E-state index in [1.807, 2.05) is 30.0 Å². The lowest BCUT2D eigenvalue weighted by atomic mass is 10.2. The molecule has 1 fully saturated rings. The minimum Gasteiger partial charge on any atom is -0.497 e. The Balaban J connectivity index is 1.67. The number of furan rings is 1. The Bertz CT molecular complexity index is 663. The summed E-state index contributed by atoms with van der Waals surface area (Å²) in [6.45, 7) is 5.11. The minimum absolute atomic E-state index is 0.0101. The van der Waals surface area contributed by atoms with Crippen LogP contribution in [0.4, 0.5) is 5.69 Å². The van der Waals surface area contributed by atoms with Gasteiger partial charge in [-0.05, 0) is 43.7 Å². The van der Waals surface area contributed by atoms with E-state index in [0.717, 1.165) is 43.1 Å². The number of methoxy groups -OCH3 is 1. The van der Waals surface area contributed by atoms with Crippen molar-refractivity contribution in [1.29, 1.82) is 0 Å². The molecule has 0 radical (unpaired) electrons. The van der Waals surface area contributed by atoms with Crippen LogP contribution in [-0.4, -0.2) is 44.1 Å². The second-order valence-electron chi connectivity index (χ2n) is 5.76. The van der Waals surface area contributed by atoms with Gasteiger partial charge in [0.05, 0.1) is 13.4 Å². The van der Waals surface area contributed by atoms with E-state index < -0.39 is 0 Å². The van der Waals surface area contributed by atoms with Crippen molar-refractivity contribution in [3.63, 3.8) is 0 Å². The third kappa shape index (κ3) is 3.33. The number of nitrogens with zero attached hydrogens (tertiary/aromatic N) is 2. The van der Waals surface area contributed by atoms with Gasteiger partial charge in [-0.3, -0.25) is 4.79 Å². The van der Waals surface area contributed by atoms with Crippen molar-refractivity contribution in [3.05, 3.63) is 47.9 Å². The molecule has 2 aromatic rings. The Hall–Kier alpha value is -2.43. The van der Waals surface area contributed by atoms with Crippen LogP contribution in [0.3, 0.4) is 0 Å². The summed E-state index contributed by atoms with van der Waals surface area (Å²) in [5.74, 6) is 1.31. The van der Waals surface area contributed by atoms with Gasteiger partial charge >= 0.3 is 0 Å². The number of amides is 1. The zero-order valence-electron chi connectivity index (χ0n) is 13.6. The quantitative estimate of drug-likeness (QED) is 0.874. The van der Waals surface area contributed by atoms with Crippen LogP contribution < -0.4 is 9.64 Å². The molecule has 0 spiro atoms. The number of anilines is 1. The maximum absolute atomic E-state index is 12.6. The molecule has 1 aromatic carbocycles. The fraction of sp³-hybridized carbons (Fsp3) is 0.389. The molecule has 122 valence electrons. The van der Waals surface area contributed by atoms with Crippen molar-refractivity contribution in [2.75, 3.05) is 38.2 Å². The summed E-state index contributed by atoms with van der Waals surface area (Å²) in [4.78, 5) is 16.7. The fourth-order valence-electron chi connectivity index (χ4n) is 2.91. The van der Waals surface area contributed by atoms with E-state index in [2.05, 4.69) is 17.0 Å². The molecule has 1 aromatic heterocycles. The monoisotopic (exact) mass is 314 g/mol. The van der Waals surface area contributed by atoms with Crippen LogP contribution >= 0.6 is 0 Å². The lowest BCUT2D eigenvalue weighted by molar-refractivity contribution is 0.0734. The molecule has 0 atom stereocenters. The van der Waals surface area contributed by atoms with E-state index in [1.54, 1.807) is 13.4 Å². The SMILES string of the molecule is COc1ccc(N2CCCN(C(=O)c3occc3C)CC2)cc1. The van der Waals surface area contributed by atoms with Crippen molar-refractivity contribution >= 4 is 11.6 Å². The summed E-state index contributed by atoms with van der Waals surface area (Å²) in [7, 11) is 1.67. The Morgan fingerprint density at radius 3 is 2.52 bits per heavy atom. The number of carbonyl (C=O) groups excluding carboxylic acids is 1. The zero-order valence-corrected chi connectivity index (χ0v) is 13.6. The normalized spacial score (nSPS) is 15.4. The number of carbonyl (C=O) groups is 1. The molecule has 2 heterocycles. The highest BCUT2D eigenvalue weighted by Crippen LogP contribution is 2.21. The molecular formula is C18H22N2O3. The van der Waals surface area contributed by atoms with E-state index in [0.29, 0.717) is 12.3 Å². The van der Waals surface area contributed by atoms with Gasteiger partial charge in [0.15, 0.2) is 5.76 Å². The molecule has 0 bridgehead atoms. The Morgan fingerprint density at radius 2 is 1.87 bits per heavy atom. The predicted octanol–water partition coefficient (Wildman–Crippen LogP) is 2.95. The minimum atomic E-state index is -0.0101. The number of aryl methyl sites for hydroxylation is 1. The number of ether oxygens (including phenoxy) is 1. The maximum atomic E-state index is 12.6. The van der Waals surface area contributed by atoms with E-state index in [4.69, 9.17) is 9.15 Å². The summed E-state index contributed by atoms with van der Waals surface area (Å²) in [6, 6.07) is 9.89. The van der Waals surface area contributed by atoms with Crippen molar-refractivity contribution in [2.24, 2.45) is 0 Å². The summed E-state index contributed by atoms with van der Waals surface area (Å²) >= 11 is 0. The first-order chi connectivity index (χ1) is 11.2. The van der Waals surface area contributed by atoms with E-state index in [-0.39, 0.29) is 5.91 Å². The van der Waals surface area contributed by atoms with Gasteiger partial charge in [-0.25, -0.2) is 0 Å². The highest BCUT2D eigenvalue weighted by atomic mass is 16.5. The molecule has 1 saturated heterocycles. The smallest absolute Gasteiger partial charge is 0.289 e. The first-order valence-corrected chi connectivity index (χ1v) is 7.91. The fourth-order valence-corrected chi connectivity index (χ4v) is 2.91. The van der Waals surface area contributed by atoms with Crippen molar-refractivity contribution in [2.45, 2.75) is 13.3 Å². The zero-order chi connectivity index (χ0) is 16.2. The van der Waals surface area contributed by atoms with Gasteiger partial charge in [0.25, 0.3) is 5.91 Å². The van der Waals surface area contributed by atoms with Gasteiger partial charge in [0.1, 0.15) is 5.75 Å². The summed E-state index contributed by atoms with van der Waals surface area (Å²) in [5.41, 5.74) is 2.06. The number of benzene rings is 1. The lowest BCUT2D eigenvalue weighted by Gasteiger charge is -2.23. The molecule has 0 aliphatic carbocycles. The number of hydrogen-bond donors (Lipinski definition) is 0. The van der Waals surface area contributed by atoms with E-state index in [1.165, 1.54) is 0 Å². The standard InChI is InChI=1S/C18H22N2O3/c1-14-8-13-23-17(14)18(21)20-10-3-9-19(11-12-20)15-4-6-16(22-2)7-5-15/h4-8,13H,3,9-12H2,1-2H3. The first-order valence-electron chi connectivity index (χ1n) is 7.91. The van der Waals surface area contributed by atoms with Gasteiger partial charge < -0.3 is 19.0 Å². The van der Waals surface area contributed by atoms with Crippen molar-refractivity contribution in [3.8, 4) is 5.75 Å². The number of hydrogen-bond acceptors (Lipinski definition) is 4. The number of rotatable bonds is 3. The van der Waals surface area contributed by atoms with Crippen LogP contribution in [0.1, 0.15) is 22.5 Å². The Morgan fingerprint density at radius 1 is 1.09 bits per heavy atom. The summed E-state index contributed by atoms with van der Waals surface area (Å²) in [5, 5.41) is 0. The Labute approximate surface area is 136 Å². The molecule has 1 amide bonds. The van der Waals surface area contributed by atoms with Crippen LogP contribution in [0, 0.1) is 6.92 Å². The van der Waals surface area contributed by atoms with Crippen molar-refractivity contribution < 1.29 is 13.9 Å². The molecule has 0 unspecified atom stereocenters. The average molecular weight is 314 g/mol. The molecular weight excluding hydrogens is 292 g/mol. The van der Waals surface area contributed by atoms with E-state index in [9.17, 15) is 4.79 Å². The third-order valence-electron chi connectivity index (χ3n) is 4.28. The van der Waals surface area contributed by atoms with Gasteiger partial charge in [-0.2, -0.15) is 0 Å². The molecule has 0 N–H and O–H groups in total. The molecule has 1 aliphatic heterocycles. The second kappa shape index (κ2) is 6.77. The average Bonchev–Trinajstić information content (AvgIpc) is 2.86. The first kappa shape index (κ1) is 15.5. The largest absolute Gasteiger partial charge is 0.497 e. The predicted molar refractivity (Wildman–Crippen MR) is 89.2 cm³/mol. The van der Waals surface area contributed by atoms with Crippen LogP contribution in [0.25, 0.3) is 0 Å². The summed E-state index contributed by atoms with van der Waals surface area (Å²) < 4.78 is 10.5. The third-order valence-corrected chi connectivity index (χ3v) is 4.28. The van der Waals surface area contributed by atoms with E-state index >= 15 is 0 Å². The van der Waals surface area contributed by atoms with Gasteiger partial charge in [-0.15, -0.1) is 0 Å². The summed E-state index contributed by atoms with van der Waals surface area (Å²) in [6.07, 6.45) is 2.52. The highest BCUT2D eigenvalue weighted by molar-refractivity contribution is 5.92. The van der Waals surface area contributed by atoms with Crippen LogP contribution in [0.15, 0.2) is 41.0 Å². The van der Waals surface area contributed by atoms with Gasteiger partial charge in [0.2, 0.25) is 0 Å². The molecule has 5 heteroatoms. The lowest BCUT2D eigenvalue weighted by Crippen LogP contribution is -2.35. The molecule has 0 saturated carbocycles. The molecule has 3 rings (SSSR count). The van der Waals surface area contributed by atoms with Gasteiger partial charge in [-0.1, -0.05) is 0 Å².